The maximum Gasteiger partial charge on any atom is 0.136 e. The summed E-state index contributed by atoms with van der Waals surface area (Å²) in [7, 11) is 0. The number of nitrogens with zero attached hydrogens (tertiary/aromatic N) is 1. The number of furan rings is 1. The highest BCUT2D eigenvalue weighted by Gasteiger charge is 2.16. The predicted octanol–water partition coefficient (Wildman–Crippen LogP) is 16.5. The van der Waals surface area contributed by atoms with Gasteiger partial charge in [-0.05, 0) is 127 Å². The Labute approximate surface area is 349 Å². The Morgan fingerprint density at radius 3 is 1.40 bits per heavy atom. The molecule has 282 valence electrons. The minimum Gasteiger partial charge on any atom is -0.456 e. The number of para-hydroxylation sites is 1. The van der Waals surface area contributed by atoms with E-state index in [1.807, 2.05) is 12.1 Å². The molecule has 0 atom stereocenters. The fraction of sp³-hybridized carbons (Fsp3) is 0. The highest BCUT2D eigenvalue weighted by Crippen LogP contribution is 2.41. The van der Waals surface area contributed by atoms with Gasteiger partial charge in [-0.15, -0.1) is 0 Å². The molecule has 0 spiro atoms. The van der Waals surface area contributed by atoms with Crippen molar-refractivity contribution < 1.29 is 4.42 Å². The maximum atomic E-state index is 6.23. The van der Waals surface area contributed by atoms with Gasteiger partial charge in [-0.2, -0.15) is 0 Å². The van der Waals surface area contributed by atoms with Crippen molar-refractivity contribution in [2.24, 2.45) is 0 Å². The van der Waals surface area contributed by atoms with Crippen molar-refractivity contribution >= 4 is 49.8 Å². The third kappa shape index (κ3) is 6.51. The Morgan fingerprint density at radius 1 is 0.267 bits per heavy atom. The molecule has 0 radical (unpaired) electrons. The van der Waals surface area contributed by atoms with E-state index in [1.54, 1.807) is 0 Å². The normalized spacial score (nSPS) is 11.3. The number of hydrogen-bond donors (Lipinski definition) is 0. The molecule has 2 nitrogen and oxygen atoms in total. The second-order valence-electron chi connectivity index (χ2n) is 15.3. The van der Waals surface area contributed by atoms with E-state index in [9.17, 15) is 0 Å². The summed E-state index contributed by atoms with van der Waals surface area (Å²) < 4.78 is 6.23. The van der Waals surface area contributed by atoms with E-state index in [2.05, 4.69) is 229 Å². The zero-order valence-corrected chi connectivity index (χ0v) is 32.9. The molecule has 0 amide bonds. The van der Waals surface area contributed by atoms with Gasteiger partial charge >= 0.3 is 0 Å². The molecule has 0 saturated heterocycles. The van der Waals surface area contributed by atoms with E-state index in [1.165, 1.54) is 55.3 Å². The molecule has 0 saturated carbocycles. The highest BCUT2D eigenvalue weighted by molar-refractivity contribution is 6.12. The summed E-state index contributed by atoms with van der Waals surface area (Å²) in [6.07, 6.45) is 0. The molecule has 11 rings (SSSR count). The van der Waals surface area contributed by atoms with Gasteiger partial charge in [0.05, 0.1) is 0 Å². The monoisotopic (exact) mass is 765 g/mol. The van der Waals surface area contributed by atoms with Crippen LogP contribution in [0.5, 0.6) is 0 Å². The number of anilines is 3. The lowest BCUT2D eigenvalue weighted by Gasteiger charge is -2.26. The average Bonchev–Trinajstić information content (AvgIpc) is 3.72. The first kappa shape index (κ1) is 35.2. The molecule has 0 fully saturated rings. The largest absolute Gasteiger partial charge is 0.456 e. The topological polar surface area (TPSA) is 16.4 Å². The molecule has 0 N–H and O–H groups in total. The second-order valence-corrected chi connectivity index (χ2v) is 15.3. The van der Waals surface area contributed by atoms with Crippen LogP contribution in [0.15, 0.2) is 241 Å². The summed E-state index contributed by atoms with van der Waals surface area (Å²) in [5.74, 6) is 0. The lowest BCUT2D eigenvalue weighted by Crippen LogP contribution is -2.09. The van der Waals surface area contributed by atoms with Crippen LogP contribution in [-0.2, 0) is 0 Å². The molecular weight excluding hydrogens is 727 g/mol. The van der Waals surface area contributed by atoms with Crippen molar-refractivity contribution in [1.82, 2.24) is 0 Å². The van der Waals surface area contributed by atoms with Gasteiger partial charge in [0.15, 0.2) is 0 Å². The van der Waals surface area contributed by atoms with Crippen molar-refractivity contribution in [3.8, 4) is 55.6 Å². The number of benzene rings is 10. The van der Waals surface area contributed by atoms with Gasteiger partial charge in [0.2, 0.25) is 0 Å². The van der Waals surface area contributed by atoms with E-state index in [0.29, 0.717) is 0 Å². The molecule has 60 heavy (non-hydrogen) atoms. The number of fused-ring (bicyclic) bond motifs is 4. The van der Waals surface area contributed by atoms with Crippen LogP contribution in [-0.4, -0.2) is 0 Å². The maximum absolute atomic E-state index is 6.23. The first-order valence-corrected chi connectivity index (χ1v) is 20.5. The molecule has 1 heterocycles. The predicted molar refractivity (Wildman–Crippen MR) is 253 cm³/mol. The van der Waals surface area contributed by atoms with Crippen LogP contribution >= 0.6 is 0 Å². The van der Waals surface area contributed by atoms with Gasteiger partial charge in [-0.1, -0.05) is 176 Å². The molecule has 1 aromatic heterocycles. The van der Waals surface area contributed by atoms with Crippen molar-refractivity contribution in [3.63, 3.8) is 0 Å². The van der Waals surface area contributed by atoms with Crippen LogP contribution in [0, 0.1) is 0 Å². The minimum absolute atomic E-state index is 0.901. The van der Waals surface area contributed by atoms with Crippen molar-refractivity contribution in [2.45, 2.75) is 0 Å². The first-order chi connectivity index (χ1) is 29.7. The van der Waals surface area contributed by atoms with E-state index < -0.39 is 0 Å². The Morgan fingerprint density at radius 2 is 0.700 bits per heavy atom. The third-order valence-corrected chi connectivity index (χ3v) is 11.7. The molecule has 0 aliphatic carbocycles. The molecule has 0 bridgehead atoms. The lowest BCUT2D eigenvalue weighted by atomic mass is 9.94. The summed E-state index contributed by atoms with van der Waals surface area (Å²) in [4.78, 5) is 2.34. The Kier molecular flexibility index (Phi) is 8.87. The zero-order valence-electron chi connectivity index (χ0n) is 32.9. The fourth-order valence-corrected chi connectivity index (χ4v) is 8.71. The van der Waals surface area contributed by atoms with E-state index in [-0.39, 0.29) is 0 Å². The standard InChI is InChI=1S/C58H39NO/c1-2-12-40(13-3-1)41-26-32-49(33-27-41)59(51-36-30-44(31-37-51)54-23-11-25-57-58(54)55-21-6-7-24-56(55)60-57)50-34-28-42(29-35-50)45-16-8-17-46(38-45)47-18-9-19-48(39-47)53-22-10-15-43-14-4-5-20-52(43)53/h1-39H. The molecule has 0 aliphatic rings. The molecule has 0 aliphatic heterocycles. The second kappa shape index (κ2) is 15.1. The summed E-state index contributed by atoms with van der Waals surface area (Å²) >= 11 is 0. The Balaban J connectivity index is 0.939. The van der Waals surface area contributed by atoms with E-state index >= 15 is 0 Å². The van der Waals surface area contributed by atoms with Gasteiger partial charge in [0.25, 0.3) is 0 Å². The van der Waals surface area contributed by atoms with Gasteiger partial charge in [-0.3, -0.25) is 0 Å². The molecule has 0 unspecified atom stereocenters. The average molecular weight is 766 g/mol. The van der Waals surface area contributed by atoms with Crippen LogP contribution in [0.4, 0.5) is 17.1 Å². The van der Waals surface area contributed by atoms with Gasteiger partial charge in [0, 0.05) is 27.8 Å². The summed E-state index contributed by atoms with van der Waals surface area (Å²) in [6, 6.07) is 84.8. The first-order valence-electron chi connectivity index (χ1n) is 20.5. The summed E-state index contributed by atoms with van der Waals surface area (Å²) in [5, 5.41) is 4.80. The van der Waals surface area contributed by atoms with Crippen LogP contribution < -0.4 is 4.90 Å². The smallest absolute Gasteiger partial charge is 0.136 e. The van der Waals surface area contributed by atoms with Gasteiger partial charge < -0.3 is 9.32 Å². The van der Waals surface area contributed by atoms with E-state index in [4.69, 9.17) is 4.42 Å². The number of hydrogen-bond acceptors (Lipinski definition) is 2. The van der Waals surface area contributed by atoms with Crippen LogP contribution in [0.2, 0.25) is 0 Å². The van der Waals surface area contributed by atoms with Crippen molar-refractivity contribution in [3.05, 3.63) is 237 Å². The molecule has 2 heteroatoms. The Bertz CT molecular complexity index is 3280. The third-order valence-electron chi connectivity index (χ3n) is 11.7. The number of rotatable bonds is 8. The molecular formula is C58H39NO. The fourth-order valence-electron chi connectivity index (χ4n) is 8.71. The van der Waals surface area contributed by atoms with Gasteiger partial charge in [0.1, 0.15) is 11.2 Å². The van der Waals surface area contributed by atoms with Crippen LogP contribution in [0.1, 0.15) is 0 Å². The Hall–Kier alpha value is -7.94. The van der Waals surface area contributed by atoms with E-state index in [0.717, 1.165) is 50.1 Å². The summed E-state index contributed by atoms with van der Waals surface area (Å²) in [6.45, 7) is 0. The van der Waals surface area contributed by atoms with Gasteiger partial charge in [-0.25, -0.2) is 0 Å². The summed E-state index contributed by atoms with van der Waals surface area (Å²) in [5.41, 5.74) is 17.0. The lowest BCUT2D eigenvalue weighted by molar-refractivity contribution is 0.669. The quantitative estimate of drug-likeness (QED) is 0.153. The van der Waals surface area contributed by atoms with Crippen LogP contribution in [0.3, 0.4) is 0 Å². The zero-order chi connectivity index (χ0) is 39.8. The van der Waals surface area contributed by atoms with Crippen LogP contribution in [0.25, 0.3) is 88.3 Å². The van der Waals surface area contributed by atoms with Crippen molar-refractivity contribution in [2.75, 3.05) is 4.90 Å². The SMILES string of the molecule is c1ccc(-c2ccc(N(c3ccc(-c4cccc(-c5cccc(-c6cccc7ccccc67)c5)c4)cc3)c3ccc(-c4cccc5oc6ccccc6c45)cc3)cc2)cc1. The highest BCUT2D eigenvalue weighted by atomic mass is 16.3. The van der Waals surface area contributed by atoms with Crippen molar-refractivity contribution in [1.29, 1.82) is 0 Å². The molecule has 10 aromatic carbocycles. The minimum atomic E-state index is 0.901. The molecule has 11 aromatic rings.